The third-order valence-corrected chi connectivity index (χ3v) is 3.95. The molecule has 12 nitrogen and oxygen atoms in total. The van der Waals surface area contributed by atoms with Crippen LogP contribution in [0.3, 0.4) is 0 Å². The number of nitrogens with one attached hydrogen (secondary N) is 1. The van der Waals surface area contributed by atoms with Gasteiger partial charge in [0.25, 0.3) is 5.56 Å². The van der Waals surface area contributed by atoms with Crippen LogP contribution >= 0.6 is 7.82 Å². The van der Waals surface area contributed by atoms with Gasteiger partial charge in [0, 0.05) is 0 Å². The molecule has 0 unspecified atom stereocenters. The highest BCUT2D eigenvalue weighted by Crippen LogP contribution is 2.45. The molecule has 3 heterocycles. The zero-order chi connectivity index (χ0) is 17.6. The first-order chi connectivity index (χ1) is 11.2. The Hall–Kier alpha value is -1.89. The monoisotopic (exact) mass is 365 g/mol. The quantitative estimate of drug-likeness (QED) is 0.395. The number of hydrogen-bond acceptors (Lipinski definition) is 8. The Morgan fingerprint density at radius 3 is 2.88 bits per heavy atom. The van der Waals surface area contributed by atoms with E-state index in [2.05, 4.69) is 19.5 Å². The Balaban J connectivity index is 2.01. The molecule has 1 fully saturated rings. The van der Waals surface area contributed by atoms with Crippen molar-refractivity contribution in [3.8, 4) is 0 Å². The summed E-state index contributed by atoms with van der Waals surface area (Å²) in [6.07, 6.45) is -5.54. The number of aromatic nitrogens is 4. The van der Waals surface area contributed by atoms with Crippen LogP contribution in [0, 0.1) is 0 Å². The Kier molecular flexibility index (Phi) is 4.15. The summed E-state index contributed by atoms with van der Waals surface area (Å²) in [5, 5.41) is 9.23. The highest BCUT2D eigenvalue weighted by molar-refractivity contribution is 7.46. The molecule has 6 N–H and O–H groups in total. The maximum absolute atomic E-state index is 14.6. The average molecular weight is 365 g/mol. The summed E-state index contributed by atoms with van der Waals surface area (Å²) in [5.74, 6) is -0.232. The van der Waals surface area contributed by atoms with Crippen LogP contribution in [-0.2, 0) is 13.8 Å². The van der Waals surface area contributed by atoms with Gasteiger partial charge in [-0.15, -0.1) is 0 Å². The number of anilines is 1. The van der Waals surface area contributed by atoms with Gasteiger partial charge in [-0.2, -0.15) is 4.98 Å². The van der Waals surface area contributed by atoms with E-state index in [4.69, 9.17) is 20.3 Å². The number of aromatic amines is 1. The van der Waals surface area contributed by atoms with E-state index >= 15 is 0 Å². The van der Waals surface area contributed by atoms with Crippen molar-refractivity contribution in [2.75, 3.05) is 12.3 Å². The zero-order valence-electron chi connectivity index (χ0n) is 11.8. The number of ether oxygens (including phenoxy) is 1. The number of nitrogen functional groups attached to an aromatic ring is 1. The molecule has 0 radical (unpaired) electrons. The number of nitrogens with zero attached hydrogens (tertiary/aromatic N) is 3. The Bertz CT molecular complexity index is 865. The lowest BCUT2D eigenvalue weighted by Gasteiger charge is -2.18. The van der Waals surface area contributed by atoms with E-state index < -0.39 is 44.6 Å². The molecule has 0 saturated carbocycles. The van der Waals surface area contributed by atoms with E-state index in [1.165, 1.54) is 0 Å². The third-order valence-electron chi connectivity index (χ3n) is 3.43. The van der Waals surface area contributed by atoms with Crippen molar-refractivity contribution in [1.82, 2.24) is 19.5 Å². The molecular formula is C10H13FN5O7P. The van der Waals surface area contributed by atoms with Crippen molar-refractivity contribution in [2.24, 2.45) is 0 Å². The summed E-state index contributed by atoms with van der Waals surface area (Å²) in [7, 11) is -5.02. The Labute approximate surface area is 132 Å². The number of halogens is 1. The SMILES string of the molecule is Nc1nc2c(ncn2[C@@H]2O[C@H](CO)[C@@H](OP(=O)(O)O)[C@H]2F)c(=O)[nH]1. The first kappa shape index (κ1) is 17.0. The molecule has 0 aliphatic carbocycles. The largest absolute Gasteiger partial charge is 0.470 e. The highest BCUT2D eigenvalue weighted by Gasteiger charge is 2.49. The second-order valence-corrected chi connectivity index (χ2v) is 6.22. The minimum absolute atomic E-state index is 0.0857. The molecular weight excluding hydrogens is 352 g/mol. The molecule has 3 rings (SSSR count). The summed E-state index contributed by atoms with van der Waals surface area (Å²) in [5.41, 5.74) is 4.58. The standard InChI is InChI=1S/C10H13FN5O7P/c11-4-6(23-24(19,20)21)3(1-17)22-9(4)16-2-13-5-7(16)14-10(12)15-8(5)18/h2-4,6,9,17H,1H2,(H2,19,20,21)(H3,12,14,15,18)/t3-,4-,6-,9-/m1/s1. The van der Waals surface area contributed by atoms with Crippen LogP contribution in [0.5, 0.6) is 0 Å². The van der Waals surface area contributed by atoms with Crippen molar-refractivity contribution in [3.63, 3.8) is 0 Å². The highest BCUT2D eigenvalue weighted by atomic mass is 31.2. The first-order valence-corrected chi connectivity index (χ1v) is 8.11. The minimum atomic E-state index is -5.02. The molecule has 24 heavy (non-hydrogen) atoms. The average Bonchev–Trinajstić information content (AvgIpc) is 3.00. The van der Waals surface area contributed by atoms with Gasteiger partial charge in [-0.05, 0) is 0 Å². The fourth-order valence-electron chi connectivity index (χ4n) is 2.48. The molecule has 0 amide bonds. The Morgan fingerprint density at radius 1 is 1.54 bits per heavy atom. The number of H-pyrrole nitrogens is 1. The predicted molar refractivity (Wildman–Crippen MR) is 75.4 cm³/mol. The second kappa shape index (κ2) is 5.88. The van der Waals surface area contributed by atoms with Gasteiger partial charge in [-0.3, -0.25) is 18.9 Å². The first-order valence-electron chi connectivity index (χ1n) is 6.58. The van der Waals surface area contributed by atoms with Crippen LogP contribution in [0.25, 0.3) is 11.2 Å². The van der Waals surface area contributed by atoms with E-state index in [-0.39, 0.29) is 17.1 Å². The van der Waals surface area contributed by atoms with Crippen LogP contribution in [0.15, 0.2) is 11.1 Å². The van der Waals surface area contributed by atoms with Crippen LogP contribution in [0.4, 0.5) is 10.3 Å². The summed E-state index contributed by atoms with van der Waals surface area (Å²) in [4.78, 5) is 39.3. The number of aliphatic hydroxyl groups is 1. The molecule has 1 aliphatic heterocycles. The summed E-state index contributed by atoms with van der Waals surface area (Å²) >= 11 is 0. The van der Waals surface area contributed by atoms with E-state index in [0.29, 0.717) is 0 Å². The number of alkyl halides is 1. The van der Waals surface area contributed by atoms with Crippen molar-refractivity contribution in [3.05, 3.63) is 16.7 Å². The topological polar surface area (TPSA) is 186 Å². The van der Waals surface area contributed by atoms with Gasteiger partial charge in [0.2, 0.25) is 5.95 Å². The molecule has 4 atom stereocenters. The number of phosphoric acid groups is 1. The number of rotatable bonds is 4. The molecule has 1 saturated heterocycles. The maximum Gasteiger partial charge on any atom is 0.470 e. The normalized spacial score (nSPS) is 27.8. The van der Waals surface area contributed by atoms with E-state index in [1.54, 1.807) is 0 Å². The predicted octanol–water partition coefficient (Wildman–Crippen LogP) is -1.59. The van der Waals surface area contributed by atoms with Gasteiger partial charge in [-0.25, -0.2) is 13.9 Å². The van der Waals surface area contributed by atoms with Gasteiger partial charge >= 0.3 is 7.82 Å². The third kappa shape index (κ3) is 2.92. The number of aliphatic hydroxyl groups excluding tert-OH is 1. The number of hydrogen-bond donors (Lipinski definition) is 5. The van der Waals surface area contributed by atoms with Gasteiger partial charge in [0.05, 0.1) is 12.9 Å². The van der Waals surface area contributed by atoms with Gasteiger partial charge in [0.1, 0.15) is 12.2 Å². The second-order valence-electron chi connectivity index (χ2n) is 5.03. The molecule has 2 aromatic rings. The fourth-order valence-corrected chi connectivity index (χ4v) is 3.05. The lowest BCUT2D eigenvalue weighted by Crippen LogP contribution is -2.33. The number of fused-ring (bicyclic) bond motifs is 1. The van der Waals surface area contributed by atoms with Crippen molar-refractivity contribution in [1.29, 1.82) is 0 Å². The zero-order valence-corrected chi connectivity index (χ0v) is 12.7. The maximum atomic E-state index is 14.6. The van der Waals surface area contributed by atoms with Crippen LogP contribution in [0.2, 0.25) is 0 Å². The summed E-state index contributed by atoms with van der Waals surface area (Å²) in [6, 6.07) is 0. The van der Waals surface area contributed by atoms with E-state index in [9.17, 15) is 18.9 Å². The summed E-state index contributed by atoms with van der Waals surface area (Å²) in [6.45, 7) is -0.746. The molecule has 0 aromatic carbocycles. The molecule has 0 spiro atoms. The van der Waals surface area contributed by atoms with Crippen molar-refractivity contribution < 1.29 is 33.1 Å². The molecule has 14 heteroatoms. The number of imidazole rings is 1. The van der Waals surface area contributed by atoms with Crippen LogP contribution in [0.1, 0.15) is 6.23 Å². The van der Waals surface area contributed by atoms with E-state index in [1.807, 2.05) is 0 Å². The smallest absolute Gasteiger partial charge is 0.394 e. The summed E-state index contributed by atoms with van der Waals surface area (Å²) < 4.78 is 36.2. The molecule has 1 aliphatic rings. The van der Waals surface area contributed by atoms with Gasteiger partial charge < -0.3 is 25.4 Å². The fraction of sp³-hybridized carbons (Fsp3) is 0.500. The van der Waals surface area contributed by atoms with Crippen LogP contribution < -0.4 is 11.3 Å². The lowest BCUT2D eigenvalue weighted by molar-refractivity contribution is -0.0454. The van der Waals surface area contributed by atoms with Crippen LogP contribution in [-0.4, -0.2) is 59.4 Å². The Morgan fingerprint density at radius 2 is 2.25 bits per heavy atom. The van der Waals surface area contributed by atoms with Crippen molar-refractivity contribution >= 4 is 24.9 Å². The molecule has 2 aromatic heterocycles. The van der Waals surface area contributed by atoms with Gasteiger partial charge in [0.15, 0.2) is 23.6 Å². The van der Waals surface area contributed by atoms with E-state index in [0.717, 1.165) is 10.9 Å². The molecule has 0 bridgehead atoms. The number of phosphoric ester groups is 1. The van der Waals surface area contributed by atoms with Gasteiger partial charge in [-0.1, -0.05) is 0 Å². The number of nitrogens with two attached hydrogens (primary N) is 1. The lowest BCUT2D eigenvalue weighted by atomic mass is 10.1. The minimum Gasteiger partial charge on any atom is -0.394 e. The van der Waals surface area contributed by atoms with Crippen molar-refractivity contribution in [2.45, 2.75) is 24.6 Å². The molecule has 132 valence electrons.